The smallest absolute Gasteiger partial charge is 0.325 e. The van der Waals surface area contributed by atoms with Crippen LogP contribution < -0.4 is 29.0 Å². The van der Waals surface area contributed by atoms with E-state index in [0.29, 0.717) is 42.0 Å². The van der Waals surface area contributed by atoms with Gasteiger partial charge in [-0.1, -0.05) is 0 Å². The highest BCUT2D eigenvalue weighted by molar-refractivity contribution is 6.00. The first kappa shape index (κ1) is 26.3. The Morgan fingerprint density at radius 1 is 0.765 bits per heavy atom. The number of hydrogen-bond donors (Lipinski definition) is 1. The molecule has 0 saturated carbocycles. The molecule has 2 aromatic rings. The van der Waals surface area contributed by atoms with E-state index in [2.05, 4.69) is 5.32 Å². The molecule has 0 aliphatic heterocycles. The zero-order chi connectivity index (χ0) is 25.1. The van der Waals surface area contributed by atoms with Crippen LogP contribution in [-0.2, 0) is 9.53 Å². The Kier molecular flexibility index (Phi) is 10.0. The zero-order valence-electron chi connectivity index (χ0n) is 19.9. The second-order valence-corrected chi connectivity index (χ2v) is 6.71. The fraction of sp³-hybridized carbons (Fsp3) is 0.375. The van der Waals surface area contributed by atoms with Crippen molar-refractivity contribution in [2.45, 2.75) is 13.8 Å². The molecule has 34 heavy (non-hydrogen) atoms. The molecule has 0 heterocycles. The summed E-state index contributed by atoms with van der Waals surface area (Å²) in [7, 11) is 4.30. The van der Waals surface area contributed by atoms with Crippen LogP contribution in [0.25, 0.3) is 0 Å². The summed E-state index contributed by atoms with van der Waals surface area (Å²) in [6.07, 6.45) is 0. The van der Waals surface area contributed by atoms with Gasteiger partial charge in [-0.3, -0.25) is 14.4 Å². The third kappa shape index (κ3) is 6.77. The summed E-state index contributed by atoms with van der Waals surface area (Å²) in [5.41, 5.74) is 0.498. The molecule has 1 amide bonds. The third-order valence-corrected chi connectivity index (χ3v) is 4.55. The molecule has 0 aliphatic rings. The number of Topliss-reactive ketones (excluding diaryl/α,β-unsaturated/α-hetero) is 1. The van der Waals surface area contributed by atoms with E-state index < -0.39 is 30.8 Å². The second kappa shape index (κ2) is 12.9. The summed E-state index contributed by atoms with van der Waals surface area (Å²) < 4.78 is 31.6. The fourth-order valence-electron chi connectivity index (χ4n) is 2.97. The van der Waals surface area contributed by atoms with Crippen molar-refractivity contribution in [3.63, 3.8) is 0 Å². The number of benzene rings is 2. The largest absolute Gasteiger partial charge is 0.493 e. The molecular weight excluding hydrogens is 446 g/mol. The first-order chi connectivity index (χ1) is 16.4. The minimum Gasteiger partial charge on any atom is -0.493 e. The molecule has 184 valence electrons. The summed E-state index contributed by atoms with van der Waals surface area (Å²) in [6, 6.07) is 7.63. The van der Waals surface area contributed by atoms with Gasteiger partial charge in [-0.15, -0.1) is 0 Å². The number of hydrogen-bond acceptors (Lipinski definition) is 9. The van der Waals surface area contributed by atoms with Crippen molar-refractivity contribution in [1.82, 2.24) is 5.32 Å². The minimum atomic E-state index is -0.773. The Morgan fingerprint density at radius 3 is 1.91 bits per heavy atom. The number of methoxy groups -OCH3 is 3. The summed E-state index contributed by atoms with van der Waals surface area (Å²) in [4.78, 5) is 37.0. The lowest BCUT2D eigenvalue weighted by Crippen LogP contribution is -2.31. The molecule has 10 heteroatoms. The highest BCUT2D eigenvalue weighted by Crippen LogP contribution is 2.38. The van der Waals surface area contributed by atoms with Crippen molar-refractivity contribution >= 4 is 17.7 Å². The molecule has 2 aromatic carbocycles. The standard InChI is InChI=1S/C24H29NO9/c1-6-32-18-9-8-15(10-19(18)33-7-2)24(28)25-13-22(27)34-14-17(26)16-11-20(29-3)23(31-5)21(12-16)30-4/h8-12H,6-7,13-14H2,1-5H3,(H,25,28). The van der Waals surface area contributed by atoms with Gasteiger partial charge in [-0.2, -0.15) is 0 Å². The van der Waals surface area contributed by atoms with E-state index in [0.717, 1.165) is 0 Å². The van der Waals surface area contributed by atoms with Crippen LogP contribution in [0.4, 0.5) is 0 Å². The van der Waals surface area contributed by atoms with Gasteiger partial charge in [-0.05, 0) is 44.2 Å². The number of carbonyl (C=O) groups excluding carboxylic acids is 3. The Labute approximate surface area is 198 Å². The second-order valence-electron chi connectivity index (χ2n) is 6.71. The Bertz CT molecular complexity index is 994. The molecule has 0 aliphatic carbocycles. The van der Waals surface area contributed by atoms with Crippen LogP contribution >= 0.6 is 0 Å². The minimum absolute atomic E-state index is 0.212. The van der Waals surface area contributed by atoms with E-state index >= 15 is 0 Å². The predicted molar refractivity (Wildman–Crippen MR) is 123 cm³/mol. The first-order valence-electron chi connectivity index (χ1n) is 10.5. The lowest BCUT2D eigenvalue weighted by atomic mass is 10.1. The number of esters is 1. The van der Waals surface area contributed by atoms with E-state index in [-0.39, 0.29) is 11.1 Å². The van der Waals surface area contributed by atoms with Crippen LogP contribution in [0.5, 0.6) is 28.7 Å². The predicted octanol–water partition coefficient (Wildman–Crippen LogP) is 2.67. The van der Waals surface area contributed by atoms with Crippen molar-refractivity contribution in [3.05, 3.63) is 41.5 Å². The van der Waals surface area contributed by atoms with Crippen LogP contribution in [0.15, 0.2) is 30.3 Å². The summed E-state index contributed by atoms with van der Waals surface area (Å²) in [5.74, 6) is 0.120. The highest BCUT2D eigenvalue weighted by Gasteiger charge is 2.19. The maximum atomic E-state index is 12.5. The molecule has 0 bridgehead atoms. The number of ketones is 1. The van der Waals surface area contributed by atoms with Crippen LogP contribution in [0.1, 0.15) is 34.6 Å². The molecule has 0 radical (unpaired) electrons. The van der Waals surface area contributed by atoms with Gasteiger partial charge < -0.3 is 33.7 Å². The van der Waals surface area contributed by atoms with Gasteiger partial charge in [0.1, 0.15) is 6.54 Å². The van der Waals surface area contributed by atoms with E-state index in [9.17, 15) is 14.4 Å². The van der Waals surface area contributed by atoms with Crippen LogP contribution in [0.2, 0.25) is 0 Å². The van der Waals surface area contributed by atoms with Gasteiger partial charge in [-0.25, -0.2) is 0 Å². The van der Waals surface area contributed by atoms with Gasteiger partial charge >= 0.3 is 5.97 Å². The molecule has 1 N–H and O–H groups in total. The zero-order valence-corrected chi connectivity index (χ0v) is 19.9. The Balaban J connectivity index is 1.95. The molecule has 2 rings (SSSR count). The quantitative estimate of drug-likeness (QED) is 0.344. The molecule has 0 atom stereocenters. The number of rotatable bonds is 13. The number of ether oxygens (including phenoxy) is 6. The van der Waals surface area contributed by atoms with E-state index in [4.69, 9.17) is 28.4 Å². The molecular formula is C24H29NO9. The lowest BCUT2D eigenvalue weighted by Gasteiger charge is -2.14. The monoisotopic (exact) mass is 475 g/mol. The van der Waals surface area contributed by atoms with Crippen molar-refractivity contribution < 1.29 is 42.8 Å². The molecule has 0 unspecified atom stereocenters. The highest BCUT2D eigenvalue weighted by atomic mass is 16.5. The van der Waals surface area contributed by atoms with Crippen LogP contribution in [-0.4, -0.2) is 65.4 Å². The molecule has 0 spiro atoms. The van der Waals surface area contributed by atoms with Gasteiger partial charge in [0, 0.05) is 11.1 Å². The summed E-state index contributed by atoms with van der Waals surface area (Å²) in [6.45, 7) is 3.57. The van der Waals surface area contributed by atoms with Crippen LogP contribution in [0, 0.1) is 0 Å². The molecule has 0 fully saturated rings. The molecule has 10 nitrogen and oxygen atoms in total. The topological polar surface area (TPSA) is 119 Å². The van der Waals surface area contributed by atoms with Gasteiger partial charge in [0.15, 0.2) is 29.6 Å². The number of amides is 1. The lowest BCUT2D eigenvalue weighted by molar-refractivity contribution is -0.141. The molecule has 0 aromatic heterocycles. The summed E-state index contributed by atoms with van der Waals surface area (Å²) >= 11 is 0. The first-order valence-corrected chi connectivity index (χ1v) is 10.5. The SMILES string of the molecule is CCOc1ccc(C(=O)NCC(=O)OCC(=O)c2cc(OC)c(OC)c(OC)c2)cc1OCC. The van der Waals surface area contributed by atoms with Gasteiger partial charge in [0.05, 0.1) is 34.5 Å². The van der Waals surface area contributed by atoms with E-state index in [1.54, 1.807) is 12.1 Å². The van der Waals surface area contributed by atoms with E-state index in [1.165, 1.54) is 39.5 Å². The Morgan fingerprint density at radius 2 is 1.35 bits per heavy atom. The molecule has 0 saturated heterocycles. The average molecular weight is 475 g/mol. The fourth-order valence-corrected chi connectivity index (χ4v) is 2.97. The number of nitrogens with one attached hydrogen (secondary N) is 1. The van der Waals surface area contributed by atoms with Crippen LogP contribution in [0.3, 0.4) is 0 Å². The third-order valence-electron chi connectivity index (χ3n) is 4.55. The van der Waals surface area contributed by atoms with Crippen molar-refractivity contribution in [3.8, 4) is 28.7 Å². The van der Waals surface area contributed by atoms with Gasteiger partial charge in [0.2, 0.25) is 11.5 Å². The normalized spacial score (nSPS) is 10.1. The maximum absolute atomic E-state index is 12.5. The Hall–Kier alpha value is -3.95. The van der Waals surface area contributed by atoms with Gasteiger partial charge in [0.25, 0.3) is 5.91 Å². The van der Waals surface area contributed by atoms with E-state index in [1.807, 2.05) is 13.8 Å². The number of carbonyl (C=O) groups is 3. The summed E-state index contributed by atoms with van der Waals surface area (Å²) in [5, 5.41) is 2.46. The van der Waals surface area contributed by atoms with Crippen molar-refractivity contribution in [2.75, 3.05) is 47.7 Å². The van der Waals surface area contributed by atoms with Crippen molar-refractivity contribution in [2.24, 2.45) is 0 Å². The van der Waals surface area contributed by atoms with Crippen molar-refractivity contribution in [1.29, 1.82) is 0 Å². The maximum Gasteiger partial charge on any atom is 0.325 e. The average Bonchev–Trinajstić information content (AvgIpc) is 2.85.